The number of carbonyl (C=O) groups excluding carboxylic acids is 1. The van der Waals surface area contributed by atoms with Crippen LogP contribution in [0.5, 0.6) is 5.88 Å². The molecule has 0 saturated carbocycles. The van der Waals surface area contributed by atoms with Crippen LogP contribution in [0.15, 0.2) is 18.2 Å². The fraction of sp³-hybridized carbons (Fsp3) is 0.467. The molecule has 6 nitrogen and oxygen atoms in total. The van der Waals surface area contributed by atoms with Gasteiger partial charge in [-0.3, -0.25) is 4.40 Å². The van der Waals surface area contributed by atoms with Crippen molar-refractivity contribution in [3.05, 3.63) is 29.7 Å². The zero-order valence-electron chi connectivity index (χ0n) is 12.3. The monoisotopic (exact) mass is 289 g/mol. The highest BCUT2D eigenvalue weighted by atomic mass is 16.5. The normalized spacial score (nSPS) is 18.1. The molecule has 2 aromatic rings. The molecule has 21 heavy (non-hydrogen) atoms. The topological polar surface area (TPSA) is 64.9 Å². The fourth-order valence-electron chi connectivity index (χ4n) is 2.87. The highest BCUT2D eigenvalue weighted by Crippen LogP contribution is 2.23. The molecule has 0 spiro atoms. The van der Waals surface area contributed by atoms with E-state index in [1.807, 2.05) is 22.6 Å². The van der Waals surface area contributed by atoms with Gasteiger partial charge in [-0.25, -0.2) is 9.78 Å². The second-order valence-electron chi connectivity index (χ2n) is 5.15. The Morgan fingerprint density at radius 2 is 2.33 bits per heavy atom. The second kappa shape index (κ2) is 5.73. The number of esters is 1. The number of nitrogens with zero attached hydrogens (tertiary/aromatic N) is 2. The Kier molecular flexibility index (Phi) is 3.79. The molecule has 1 aliphatic heterocycles. The predicted molar refractivity (Wildman–Crippen MR) is 77.8 cm³/mol. The number of carbonyl (C=O) groups is 1. The lowest BCUT2D eigenvalue weighted by Gasteiger charge is -2.11. The molecule has 2 aromatic heterocycles. The molecule has 112 valence electrons. The maximum atomic E-state index is 11.9. The lowest BCUT2D eigenvalue weighted by molar-refractivity contribution is 0.0596. The van der Waals surface area contributed by atoms with Crippen molar-refractivity contribution in [2.24, 2.45) is 0 Å². The highest BCUT2D eigenvalue weighted by molar-refractivity contribution is 5.95. The van der Waals surface area contributed by atoms with Gasteiger partial charge in [0.2, 0.25) is 0 Å². The molecule has 3 heterocycles. The Bertz CT molecular complexity index is 659. The molecule has 1 unspecified atom stereocenters. The van der Waals surface area contributed by atoms with Gasteiger partial charge in [0.25, 0.3) is 0 Å². The van der Waals surface area contributed by atoms with E-state index < -0.39 is 5.97 Å². The molecule has 6 heteroatoms. The van der Waals surface area contributed by atoms with Crippen molar-refractivity contribution in [1.82, 2.24) is 14.7 Å². The molecule has 1 saturated heterocycles. The first-order valence-electron chi connectivity index (χ1n) is 7.10. The number of methoxy groups -OCH3 is 2. The van der Waals surface area contributed by atoms with Crippen molar-refractivity contribution in [3.63, 3.8) is 0 Å². The van der Waals surface area contributed by atoms with Crippen LogP contribution < -0.4 is 10.1 Å². The van der Waals surface area contributed by atoms with E-state index in [4.69, 9.17) is 9.47 Å². The third kappa shape index (κ3) is 2.47. The van der Waals surface area contributed by atoms with Gasteiger partial charge in [-0.2, -0.15) is 0 Å². The van der Waals surface area contributed by atoms with Gasteiger partial charge < -0.3 is 14.8 Å². The number of ether oxygens (including phenoxy) is 2. The van der Waals surface area contributed by atoms with Crippen LogP contribution in [-0.2, 0) is 11.2 Å². The Morgan fingerprint density at radius 3 is 3.00 bits per heavy atom. The largest absolute Gasteiger partial charge is 0.482 e. The number of aromatic nitrogens is 2. The lowest BCUT2D eigenvalue weighted by Crippen LogP contribution is -2.24. The molecule has 1 N–H and O–H groups in total. The van der Waals surface area contributed by atoms with Crippen LogP contribution in [0.2, 0.25) is 0 Å². The predicted octanol–water partition coefficient (Wildman–Crippen LogP) is 1.42. The molecular weight excluding hydrogens is 270 g/mol. The van der Waals surface area contributed by atoms with Crippen molar-refractivity contribution >= 4 is 11.5 Å². The van der Waals surface area contributed by atoms with Gasteiger partial charge in [0.05, 0.1) is 19.7 Å². The second-order valence-corrected chi connectivity index (χ2v) is 5.15. The molecule has 0 aromatic carbocycles. The van der Waals surface area contributed by atoms with Crippen LogP contribution in [0.25, 0.3) is 5.52 Å². The van der Waals surface area contributed by atoms with E-state index in [0.29, 0.717) is 23.1 Å². The molecule has 0 aliphatic carbocycles. The molecule has 1 fully saturated rings. The number of fused-ring (bicyclic) bond motifs is 1. The third-order valence-corrected chi connectivity index (χ3v) is 3.88. The number of imidazole rings is 1. The summed E-state index contributed by atoms with van der Waals surface area (Å²) in [4.78, 5) is 16.4. The van der Waals surface area contributed by atoms with E-state index >= 15 is 0 Å². The van der Waals surface area contributed by atoms with Crippen molar-refractivity contribution in [2.75, 3.05) is 20.8 Å². The van der Waals surface area contributed by atoms with Gasteiger partial charge in [0, 0.05) is 12.5 Å². The Balaban J connectivity index is 2.10. The quantitative estimate of drug-likeness (QED) is 0.862. The van der Waals surface area contributed by atoms with Gasteiger partial charge in [0.1, 0.15) is 5.82 Å². The van der Waals surface area contributed by atoms with E-state index in [9.17, 15) is 4.79 Å². The minimum absolute atomic E-state index is 0.337. The minimum Gasteiger partial charge on any atom is -0.482 e. The highest BCUT2D eigenvalue weighted by Gasteiger charge is 2.23. The van der Waals surface area contributed by atoms with Crippen molar-refractivity contribution in [2.45, 2.75) is 25.3 Å². The number of pyridine rings is 1. The van der Waals surface area contributed by atoms with E-state index in [2.05, 4.69) is 10.3 Å². The first kappa shape index (κ1) is 13.9. The first-order chi connectivity index (χ1) is 10.2. The van der Waals surface area contributed by atoms with Gasteiger partial charge in [0.15, 0.2) is 11.6 Å². The number of rotatable bonds is 4. The Hall–Kier alpha value is -2.08. The average molecular weight is 289 g/mol. The van der Waals surface area contributed by atoms with Gasteiger partial charge in [-0.05, 0) is 31.5 Å². The van der Waals surface area contributed by atoms with Crippen LogP contribution in [0, 0.1) is 0 Å². The summed E-state index contributed by atoms with van der Waals surface area (Å²) in [5.41, 5.74) is 1.05. The lowest BCUT2D eigenvalue weighted by atomic mass is 10.1. The van der Waals surface area contributed by atoms with Crippen molar-refractivity contribution < 1.29 is 14.3 Å². The van der Waals surface area contributed by atoms with Crippen LogP contribution in [0.3, 0.4) is 0 Å². The molecule has 3 rings (SSSR count). The summed E-state index contributed by atoms with van der Waals surface area (Å²) in [6.07, 6.45) is 3.06. The van der Waals surface area contributed by atoms with Crippen molar-refractivity contribution in [3.8, 4) is 5.88 Å². The summed E-state index contributed by atoms with van der Waals surface area (Å²) >= 11 is 0. The van der Waals surface area contributed by atoms with Crippen LogP contribution in [-0.4, -0.2) is 42.2 Å². The summed E-state index contributed by atoms with van der Waals surface area (Å²) < 4.78 is 12.1. The van der Waals surface area contributed by atoms with E-state index in [1.54, 1.807) is 7.11 Å². The Morgan fingerprint density at radius 1 is 1.48 bits per heavy atom. The molecule has 1 aliphatic rings. The summed E-state index contributed by atoms with van der Waals surface area (Å²) in [7, 11) is 2.98. The molecule has 0 bridgehead atoms. The van der Waals surface area contributed by atoms with Gasteiger partial charge in [-0.15, -0.1) is 0 Å². The Labute approximate surface area is 123 Å². The van der Waals surface area contributed by atoms with Crippen molar-refractivity contribution in [1.29, 1.82) is 0 Å². The average Bonchev–Trinajstić information content (AvgIpc) is 3.15. The maximum Gasteiger partial charge on any atom is 0.358 e. The van der Waals surface area contributed by atoms with Gasteiger partial charge in [-0.1, -0.05) is 6.07 Å². The third-order valence-electron chi connectivity index (χ3n) is 3.88. The number of hydrogen-bond donors (Lipinski definition) is 1. The summed E-state index contributed by atoms with van der Waals surface area (Å²) in [5, 5.41) is 3.45. The fourth-order valence-corrected chi connectivity index (χ4v) is 2.87. The zero-order valence-corrected chi connectivity index (χ0v) is 12.3. The van der Waals surface area contributed by atoms with Gasteiger partial charge >= 0.3 is 5.97 Å². The number of hydrogen-bond acceptors (Lipinski definition) is 5. The summed E-state index contributed by atoms with van der Waals surface area (Å²) in [5.74, 6) is 1.07. The summed E-state index contributed by atoms with van der Waals surface area (Å²) in [6, 6.07) is 5.96. The zero-order chi connectivity index (χ0) is 14.8. The van der Waals surface area contributed by atoms with Crippen LogP contribution >= 0.6 is 0 Å². The van der Waals surface area contributed by atoms with Crippen LogP contribution in [0.4, 0.5) is 0 Å². The minimum atomic E-state index is -0.425. The van der Waals surface area contributed by atoms with Crippen LogP contribution in [0.1, 0.15) is 29.2 Å². The van der Waals surface area contributed by atoms with E-state index in [1.165, 1.54) is 13.5 Å². The van der Waals surface area contributed by atoms with E-state index in [0.717, 1.165) is 25.2 Å². The summed E-state index contributed by atoms with van der Waals surface area (Å²) in [6.45, 7) is 1.04. The standard InChI is InChI=1S/C15H19N3O3/c1-20-13-7-3-6-11-14(15(19)21-2)17-12(18(11)13)9-10-5-4-8-16-10/h3,6-7,10,16H,4-5,8-9H2,1-2H3. The molecule has 1 atom stereocenters. The maximum absolute atomic E-state index is 11.9. The number of nitrogens with one attached hydrogen (secondary N) is 1. The molecule has 0 radical (unpaired) electrons. The van der Waals surface area contributed by atoms with E-state index in [-0.39, 0.29) is 0 Å². The first-order valence-corrected chi connectivity index (χ1v) is 7.10. The molecule has 0 amide bonds. The molecular formula is C15H19N3O3. The smallest absolute Gasteiger partial charge is 0.358 e. The SMILES string of the molecule is COC(=O)c1nc(CC2CCCN2)n2c(OC)cccc12.